The Labute approximate surface area is 115 Å². The summed E-state index contributed by atoms with van der Waals surface area (Å²) in [6.07, 6.45) is 7.02. The van der Waals surface area contributed by atoms with E-state index in [4.69, 9.17) is 6.42 Å². The summed E-state index contributed by atoms with van der Waals surface area (Å²) in [4.78, 5) is 0. The van der Waals surface area contributed by atoms with E-state index in [-0.39, 0.29) is 12.6 Å². The highest BCUT2D eigenvalue weighted by Crippen LogP contribution is 2.37. The number of hydrogen-bond donors (Lipinski definition) is 0. The Morgan fingerprint density at radius 2 is 2.05 bits per heavy atom. The maximum absolute atomic E-state index is 12.4. The summed E-state index contributed by atoms with van der Waals surface area (Å²) in [5.41, 5.74) is 2.28. The van der Waals surface area contributed by atoms with E-state index in [0.717, 1.165) is 18.4 Å². The average molecular weight is 278 g/mol. The molecule has 102 valence electrons. The van der Waals surface area contributed by atoms with Crippen molar-refractivity contribution < 1.29 is 8.42 Å². The van der Waals surface area contributed by atoms with Crippen LogP contribution in [0.3, 0.4) is 0 Å². The molecular formula is C14H18N2O2S. The lowest BCUT2D eigenvalue weighted by Crippen LogP contribution is -2.42. The van der Waals surface area contributed by atoms with Crippen molar-refractivity contribution in [3.8, 4) is 12.3 Å². The molecule has 1 unspecified atom stereocenters. The molecule has 0 heterocycles. The van der Waals surface area contributed by atoms with Crippen molar-refractivity contribution in [2.45, 2.75) is 18.9 Å². The summed E-state index contributed by atoms with van der Waals surface area (Å²) >= 11 is 0. The average Bonchev–Trinajstić information content (AvgIpc) is 2.79. The van der Waals surface area contributed by atoms with Crippen LogP contribution in [0.25, 0.3) is 0 Å². The zero-order valence-corrected chi connectivity index (χ0v) is 12.0. The van der Waals surface area contributed by atoms with Gasteiger partial charge in [-0.05, 0) is 24.0 Å². The fourth-order valence-corrected chi connectivity index (χ4v) is 3.68. The van der Waals surface area contributed by atoms with E-state index >= 15 is 0 Å². The Balaban J connectivity index is 2.41. The van der Waals surface area contributed by atoms with E-state index in [0.29, 0.717) is 0 Å². The minimum absolute atomic E-state index is 0.0967. The van der Waals surface area contributed by atoms with Crippen LogP contribution in [0.2, 0.25) is 0 Å². The smallest absolute Gasteiger partial charge is 0.195 e. The second kappa shape index (κ2) is 5.33. The highest BCUT2D eigenvalue weighted by molar-refractivity contribution is 7.86. The summed E-state index contributed by atoms with van der Waals surface area (Å²) in [7, 11) is -0.448. The summed E-state index contributed by atoms with van der Waals surface area (Å²) in [5, 5.41) is 0. The topological polar surface area (TPSA) is 40.6 Å². The van der Waals surface area contributed by atoms with Gasteiger partial charge >= 0.3 is 0 Å². The number of nitrogens with zero attached hydrogens (tertiary/aromatic N) is 2. The molecule has 1 aliphatic rings. The molecule has 0 radical (unpaired) electrons. The fourth-order valence-electron chi connectivity index (χ4n) is 2.49. The van der Waals surface area contributed by atoms with Crippen molar-refractivity contribution >= 4 is 10.2 Å². The van der Waals surface area contributed by atoms with Gasteiger partial charge in [-0.1, -0.05) is 30.2 Å². The lowest BCUT2D eigenvalue weighted by molar-refractivity contribution is 0.327. The van der Waals surface area contributed by atoms with Gasteiger partial charge in [-0.15, -0.1) is 6.42 Å². The molecule has 0 fully saturated rings. The van der Waals surface area contributed by atoms with Gasteiger partial charge in [0.1, 0.15) is 0 Å². The van der Waals surface area contributed by atoms with E-state index in [1.165, 1.54) is 28.3 Å². The molecule has 1 aliphatic carbocycles. The van der Waals surface area contributed by atoms with E-state index in [1.54, 1.807) is 0 Å². The van der Waals surface area contributed by atoms with Gasteiger partial charge in [0.2, 0.25) is 0 Å². The van der Waals surface area contributed by atoms with Crippen LogP contribution < -0.4 is 0 Å². The summed E-state index contributed by atoms with van der Waals surface area (Å²) < 4.78 is 27.4. The first-order valence-electron chi connectivity index (χ1n) is 6.19. The molecule has 0 aromatic heterocycles. The molecular weight excluding hydrogens is 260 g/mol. The maximum atomic E-state index is 12.4. The van der Waals surface area contributed by atoms with Crippen LogP contribution in [0, 0.1) is 12.3 Å². The Morgan fingerprint density at radius 1 is 1.37 bits per heavy atom. The van der Waals surface area contributed by atoms with Crippen LogP contribution >= 0.6 is 0 Å². The molecule has 0 bridgehead atoms. The Morgan fingerprint density at radius 3 is 2.68 bits per heavy atom. The van der Waals surface area contributed by atoms with Gasteiger partial charge in [0.15, 0.2) is 0 Å². The summed E-state index contributed by atoms with van der Waals surface area (Å²) in [6, 6.07) is 7.80. The Kier molecular flexibility index (Phi) is 3.95. The molecule has 0 aliphatic heterocycles. The predicted molar refractivity (Wildman–Crippen MR) is 75.6 cm³/mol. The second-order valence-corrected chi connectivity index (χ2v) is 6.89. The first-order valence-corrected chi connectivity index (χ1v) is 7.58. The lowest BCUT2D eigenvalue weighted by Gasteiger charge is -2.29. The van der Waals surface area contributed by atoms with Crippen LogP contribution in [-0.4, -0.2) is 37.7 Å². The van der Waals surface area contributed by atoms with E-state index in [2.05, 4.69) is 5.92 Å². The summed E-state index contributed by atoms with van der Waals surface area (Å²) in [6.45, 7) is 0.0967. The first-order chi connectivity index (χ1) is 8.98. The number of hydrogen-bond acceptors (Lipinski definition) is 2. The zero-order valence-electron chi connectivity index (χ0n) is 11.2. The van der Waals surface area contributed by atoms with Gasteiger partial charge in [0.05, 0.1) is 12.6 Å². The molecule has 19 heavy (non-hydrogen) atoms. The van der Waals surface area contributed by atoms with Gasteiger partial charge in [0.25, 0.3) is 10.2 Å². The molecule has 0 amide bonds. The molecule has 1 atom stereocenters. The Bertz CT molecular complexity index is 602. The zero-order chi connectivity index (χ0) is 14.0. The normalized spacial score (nSPS) is 18.6. The number of rotatable bonds is 4. The van der Waals surface area contributed by atoms with Crippen molar-refractivity contribution in [3.63, 3.8) is 0 Å². The van der Waals surface area contributed by atoms with Crippen LogP contribution in [0.1, 0.15) is 23.6 Å². The standard InChI is InChI=1S/C14H18N2O2S/c1-4-11-16(19(17,18)15(2)3)14-10-9-12-7-5-6-8-13(12)14/h1,5-8,14H,9-11H2,2-3H3. The third kappa shape index (κ3) is 2.52. The largest absolute Gasteiger partial charge is 0.282 e. The lowest BCUT2D eigenvalue weighted by atomic mass is 10.1. The number of aryl methyl sites for hydroxylation is 1. The molecule has 1 aromatic rings. The van der Waals surface area contributed by atoms with Crippen LogP contribution in [0.15, 0.2) is 24.3 Å². The van der Waals surface area contributed by atoms with Gasteiger partial charge in [-0.2, -0.15) is 17.0 Å². The predicted octanol–water partition coefficient (Wildman–Crippen LogP) is 1.42. The number of benzene rings is 1. The van der Waals surface area contributed by atoms with Gasteiger partial charge < -0.3 is 0 Å². The number of terminal acetylenes is 1. The SMILES string of the molecule is C#CCN(C1CCc2ccccc21)S(=O)(=O)N(C)C. The minimum atomic E-state index is -3.50. The van der Waals surface area contributed by atoms with Crippen molar-refractivity contribution in [1.82, 2.24) is 8.61 Å². The van der Waals surface area contributed by atoms with Gasteiger partial charge in [-0.25, -0.2) is 0 Å². The first kappa shape index (κ1) is 14.1. The van der Waals surface area contributed by atoms with E-state index in [9.17, 15) is 8.42 Å². The molecule has 4 nitrogen and oxygen atoms in total. The highest BCUT2D eigenvalue weighted by Gasteiger charge is 2.35. The molecule has 0 N–H and O–H groups in total. The van der Waals surface area contributed by atoms with Crippen molar-refractivity contribution in [2.75, 3.05) is 20.6 Å². The van der Waals surface area contributed by atoms with E-state index in [1.807, 2.05) is 24.3 Å². The Hall–Kier alpha value is -1.35. The summed E-state index contributed by atoms with van der Waals surface area (Å²) in [5.74, 6) is 2.46. The fraction of sp³-hybridized carbons (Fsp3) is 0.429. The molecule has 0 spiro atoms. The third-order valence-corrected chi connectivity index (χ3v) is 5.35. The van der Waals surface area contributed by atoms with Crippen molar-refractivity contribution in [2.24, 2.45) is 0 Å². The number of fused-ring (bicyclic) bond motifs is 1. The minimum Gasteiger partial charge on any atom is -0.195 e. The highest BCUT2D eigenvalue weighted by atomic mass is 32.2. The van der Waals surface area contributed by atoms with Gasteiger partial charge in [0, 0.05) is 14.1 Å². The van der Waals surface area contributed by atoms with Crippen molar-refractivity contribution in [1.29, 1.82) is 0 Å². The molecule has 0 saturated carbocycles. The molecule has 5 heteroatoms. The van der Waals surface area contributed by atoms with Crippen LogP contribution in [-0.2, 0) is 16.6 Å². The maximum Gasteiger partial charge on any atom is 0.282 e. The molecule has 1 aromatic carbocycles. The van der Waals surface area contributed by atoms with Gasteiger partial charge in [-0.3, -0.25) is 0 Å². The third-order valence-electron chi connectivity index (χ3n) is 3.45. The monoisotopic (exact) mass is 278 g/mol. The van der Waals surface area contributed by atoms with Crippen LogP contribution in [0.5, 0.6) is 0 Å². The second-order valence-electron chi connectivity index (χ2n) is 4.79. The molecule has 0 saturated heterocycles. The van der Waals surface area contributed by atoms with E-state index < -0.39 is 10.2 Å². The molecule has 2 rings (SSSR count). The quantitative estimate of drug-likeness (QED) is 0.782. The van der Waals surface area contributed by atoms with Crippen LogP contribution in [0.4, 0.5) is 0 Å². The van der Waals surface area contributed by atoms with Crippen molar-refractivity contribution in [3.05, 3.63) is 35.4 Å².